The van der Waals surface area contributed by atoms with Crippen molar-refractivity contribution in [1.29, 1.82) is 0 Å². The van der Waals surface area contributed by atoms with Crippen LogP contribution in [-0.4, -0.2) is 14.9 Å². The van der Waals surface area contributed by atoms with Gasteiger partial charge in [0.2, 0.25) is 0 Å². The summed E-state index contributed by atoms with van der Waals surface area (Å²) in [5.74, 6) is 0. The van der Waals surface area contributed by atoms with Crippen LogP contribution >= 0.6 is 11.3 Å². The van der Waals surface area contributed by atoms with Crippen molar-refractivity contribution in [2.45, 2.75) is 45.8 Å². The average Bonchev–Trinajstić information content (AvgIpc) is 2.97. The van der Waals surface area contributed by atoms with Gasteiger partial charge in [-0.3, -0.25) is 4.68 Å². The molecule has 3 nitrogen and oxygen atoms in total. The molecule has 0 aliphatic heterocycles. The van der Waals surface area contributed by atoms with E-state index in [-0.39, 0.29) is 0 Å². The first kappa shape index (κ1) is 13.3. The predicted molar refractivity (Wildman–Crippen MR) is 74.9 cm³/mol. The van der Waals surface area contributed by atoms with Crippen LogP contribution in [-0.2, 0) is 6.42 Å². The lowest BCUT2D eigenvalue weighted by Crippen LogP contribution is -2.07. The minimum absolute atomic E-state index is 0.416. The average molecular weight is 264 g/mol. The van der Waals surface area contributed by atoms with Crippen LogP contribution in [0.1, 0.15) is 49.2 Å². The number of aryl methyl sites for hydroxylation is 1. The lowest BCUT2D eigenvalue weighted by molar-refractivity contribution is 0.176. The summed E-state index contributed by atoms with van der Waals surface area (Å²) in [6.07, 6.45) is 3.20. The van der Waals surface area contributed by atoms with Gasteiger partial charge in [-0.2, -0.15) is 16.4 Å². The van der Waals surface area contributed by atoms with Gasteiger partial charge in [0, 0.05) is 18.7 Å². The molecule has 0 saturated carbocycles. The quantitative estimate of drug-likeness (QED) is 0.897. The van der Waals surface area contributed by atoms with Crippen molar-refractivity contribution >= 4 is 11.3 Å². The summed E-state index contributed by atoms with van der Waals surface area (Å²) in [6.45, 7) is 6.33. The maximum absolute atomic E-state index is 10.2. The topological polar surface area (TPSA) is 38.0 Å². The van der Waals surface area contributed by atoms with Crippen molar-refractivity contribution in [2.24, 2.45) is 0 Å². The molecule has 2 rings (SSSR count). The SMILES string of the molecule is CCC(C)n1ccc(CC(O)c2cscc2C)n1. The van der Waals surface area contributed by atoms with Crippen LogP contribution in [0.25, 0.3) is 0 Å². The summed E-state index contributed by atoms with van der Waals surface area (Å²) in [6, 6.07) is 2.41. The van der Waals surface area contributed by atoms with Gasteiger partial charge in [0.1, 0.15) is 0 Å². The highest BCUT2D eigenvalue weighted by molar-refractivity contribution is 7.08. The molecule has 0 amide bonds. The first-order chi connectivity index (χ1) is 8.61. The molecule has 2 atom stereocenters. The molecule has 2 aromatic rings. The Balaban J connectivity index is 2.06. The second-order valence-corrected chi connectivity index (χ2v) is 5.52. The van der Waals surface area contributed by atoms with Gasteiger partial charge >= 0.3 is 0 Å². The Morgan fingerprint density at radius 1 is 1.44 bits per heavy atom. The molecule has 0 aliphatic rings. The number of aliphatic hydroxyl groups is 1. The van der Waals surface area contributed by atoms with E-state index >= 15 is 0 Å². The summed E-state index contributed by atoms with van der Waals surface area (Å²) < 4.78 is 1.97. The highest BCUT2D eigenvalue weighted by Gasteiger charge is 2.14. The highest BCUT2D eigenvalue weighted by atomic mass is 32.1. The van der Waals surface area contributed by atoms with Crippen molar-refractivity contribution in [3.8, 4) is 0 Å². The first-order valence-corrected chi connectivity index (χ1v) is 7.30. The molecule has 0 spiro atoms. The van der Waals surface area contributed by atoms with Crippen LogP contribution < -0.4 is 0 Å². The fraction of sp³-hybridized carbons (Fsp3) is 0.500. The number of thiophene rings is 1. The molecule has 0 saturated heterocycles. The van der Waals surface area contributed by atoms with Gasteiger partial charge in [0.05, 0.1) is 11.8 Å². The molecule has 2 unspecified atom stereocenters. The number of aromatic nitrogens is 2. The summed E-state index contributed by atoms with van der Waals surface area (Å²) in [4.78, 5) is 0. The van der Waals surface area contributed by atoms with Gasteiger partial charge in [0.15, 0.2) is 0 Å². The van der Waals surface area contributed by atoms with Crippen LogP contribution in [0, 0.1) is 6.92 Å². The molecule has 4 heteroatoms. The van der Waals surface area contributed by atoms with Crippen LogP contribution in [0.2, 0.25) is 0 Å². The van der Waals surface area contributed by atoms with Gasteiger partial charge in [-0.25, -0.2) is 0 Å². The molecule has 98 valence electrons. The maximum atomic E-state index is 10.2. The smallest absolute Gasteiger partial charge is 0.0856 e. The lowest BCUT2D eigenvalue weighted by atomic mass is 10.1. The summed E-state index contributed by atoms with van der Waals surface area (Å²) in [7, 11) is 0. The molecule has 0 fully saturated rings. The normalized spacial score (nSPS) is 14.7. The third kappa shape index (κ3) is 2.82. The molecule has 2 heterocycles. The van der Waals surface area contributed by atoms with Gasteiger partial charge in [-0.1, -0.05) is 6.92 Å². The molecular weight excluding hydrogens is 244 g/mol. The molecular formula is C14H20N2OS. The maximum Gasteiger partial charge on any atom is 0.0856 e. The van der Waals surface area contributed by atoms with Crippen molar-refractivity contribution in [1.82, 2.24) is 9.78 Å². The monoisotopic (exact) mass is 264 g/mol. The van der Waals surface area contributed by atoms with E-state index in [1.807, 2.05) is 29.2 Å². The Labute approximate surface area is 112 Å². The van der Waals surface area contributed by atoms with E-state index in [2.05, 4.69) is 24.3 Å². The van der Waals surface area contributed by atoms with Crippen LogP contribution in [0.15, 0.2) is 23.0 Å². The fourth-order valence-corrected chi connectivity index (χ4v) is 2.84. The van der Waals surface area contributed by atoms with E-state index in [4.69, 9.17) is 0 Å². The third-order valence-corrected chi connectivity index (χ3v) is 4.24. The minimum Gasteiger partial charge on any atom is -0.388 e. The fourth-order valence-electron chi connectivity index (χ4n) is 1.94. The van der Waals surface area contributed by atoms with Crippen LogP contribution in [0.5, 0.6) is 0 Å². The minimum atomic E-state index is -0.448. The molecule has 0 aliphatic carbocycles. The van der Waals surface area contributed by atoms with Crippen molar-refractivity contribution < 1.29 is 5.11 Å². The van der Waals surface area contributed by atoms with Crippen molar-refractivity contribution in [3.05, 3.63) is 39.8 Å². The largest absolute Gasteiger partial charge is 0.388 e. The van der Waals surface area contributed by atoms with Crippen molar-refractivity contribution in [2.75, 3.05) is 0 Å². The van der Waals surface area contributed by atoms with E-state index in [9.17, 15) is 5.11 Å². The van der Waals surface area contributed by atoms with E-state index < -0.39 is 6.10 Å². The highest BCUT2D eigenvalue weighted by Crippen LogP contribution is 2.24. The first-order valence-electron chi connectivity index (χ1n) is 6.36. The Morgan fingerprint density at radius 2 is 2.22 bits per heavy atom. The predicted octanol–water partition coefficient (Wildman–Crippen LogP) is 3.50. The molecule has 0 aromatic carbocycles. The van der Waals surface area contributed by atoms with Gasteiger partial charge in [-0.05, 0) is 48.2 Å². The summed E-state index contributed by atoms with van der Waals surface area (Å²) >= 11 is 1.63. The van der Waals surface area contributed by atoms with E-state index in [1.165, 1.54) is 0 Å². The van der Waals surface area contributed by atoms with Gasteiger partial charge in [-0.15, -0.1) is 0 Å². The van der Waals surface area contributed by atoms with Crippen molar-refractivity contribution in [3.63, 3.8) is 0 Å². The van der Waals surface area contributed by atoms with Crippen LogP contribution in [0.3, 0.4) is 0 Å². The number of nitrogens with zero attached hydrogens (tertiary/aromatic N) is 2. The molecule has 1 N–H and O–H groups in total. The molecule has 18 heavy (non-hydrogen) atoms. The number of aliphatic hydroxyl groups excluding tert-OH is 1. The standard InChI is InChI=1S/C14H20N2OS/c1-4-11(3)16-6-5-12(15-16)7-14(17)13-9-18-8-10(13)2/h5-6,8-9,11,14,17H,4,7H2,1-3H3. The molecule has 2 aromatic heterocycles. The zero-order valence-electron chi connectivity index (χ0n) is 11.1. The lowest BCUT2D eigenvalue weighted by Gasteiger charge is -2.10. The Kier molecular flexibility index (Phi) is 4.19. The molecule has 0 bridgehead atoms. The number of rotatable bonds is 5. The van der Waals surface area contributed by atoms with Gasteiger partial charge < -0.3 is 5.11 Å². The van der Waals surface area contributed by atoms with Crippen LogP contribution in [0.4, 0.5) is 0 Å². The number of hydrogen-bond donors (Lipinski definition) is 1. The van der Waals surface area contributed by atoms with E-state index in [1.54, 1.807) is 11.3 Å². The number of hydrogen-bond acceptors (Lipinski definition) is 3. The second-order valence-electron chi connectivity index (χ2n) is 4.77. The zero-order valence-corrected chi connectivity index (χ0v) is 11.9. The van der Waals surface area contributed by atoms with E-state index in [0.717, 1.165) is 23.2 Å². The Bertz CT molecular complexity index is 503. The van der Waals surface area contributed by atoms with E-state index in [0.29, 0.717) is 12.5 Å². The Morgan fingerprint density at radius 3 is 2.83 bits per heavy atom. The second kappa shape index (κ2) is 5.67. The summed E-state index contributed by atoms with van der Waals surface area (Å²) in [5.41, 5.74) is 3.14. The zero-order chi connectivity index (χ0) is 13.1. The summed E-state index contributed by atoms with van der Waals surface area (Å²) in [5, 5.41) is 18.8. The Hall–Kier alpha value is -1.13. The van der Waals surface area contributed by atoms with Gasteiger partial charge in [0.25, 0.3) is 0 Å². The molecule has 0 radical (unpaired) electrons. The third-order valence-electron chi connectivity index (χ3n) is 3.36.